The molecule has 0 aliphatic carbocycles. The molecule has 2 aromatic carbocycles. The summed E-state index contributed by atoms with van der Waals surface area (Å²) >= 11 is -0.314. The Morgan fingerprint density at radius 2 is 1.91 bits per heavy atom. The van der Waals surface area contributed by atoms with Gasteiger partial charge in [-0.2, -0.15) is 0 Å². The van der Waals surface area contributed by atoms with E-state index in [1.165, 1.54) is 12.1 Å². The first-order valence-electron chi connectivity index (χ1n) is 6.54. The number of hydrogen-bond donors (Lipinski definition) is 2. The minimum absolute atomic E-state index is 0.187. The van der Waals surface area contributed by atoms with Crippen molar-refractivity contribution in [2.45, 2.75) is 0 Å². The van der Waals surface area contributed by atoms with Gasteiger partial charge in [-0.15, -0.1) is 0 Å². The summed E-state index contributed by atoms with van der Waals surface area (Å²) < 4.78 is 28.1. The Kier molecular flexibility index (Phi) is 3.96. The molecule has 0 saturated carbocycles. The summed E-state index contributed by atoms with van der Waals surface area (Å²) in [7, 11) is 1.57. The van der Waals surface area contributed by atoms with E-state index in [0.29, 0.717) is 10.0 Å². The van der Waals surface area contributed by atoms with Crippen LogP contribution >= 0.6 is 0 Å². The number of carbonyl (C=O) groups excluding carboxylic acids is 1. The van der Waals surface area contributed by atoms with Crippen LogP contribution in [0.1, 0.15) is 10.4 Å². The number of nitrogens with one attached hydrogen (secondary N) is 2. The number of benzene rings is 2. The third-order valence-electron chi connectivity index (χ3n) is 3.21. The zero-order chi connectivity index (χ0) is 15.7. The molecule has 6 heteroatoms. The van der Waals surface area contributed by atoms with Crippen LogP contribution in [0, 0.1) is 11.6 Å². The van der Waals surface area contributed by atoms with Crippen molar-refractivity contribution in [1.82, 2.24) is 10.3 Å². The van der Waals surface area contributed by atoms with Gasteiger partial charge in [0.2, 0.25) is 0 Å². The second-order valence-electron chi connectivity index (χ2n) is 4.67. The van der Waals surface area contributed by atoms with Crippen LogP contribution in [0.4, 0.5) is 8.78 Å². The molecule has 0 aliphatic rings. The molecule has 1 aromatic heterocycles. The number of H-pyrrole nitrogens is 1. The number of halogens is 2. The molecule has 3 aromatic rings. The third kappa shape index (κ3) is 2.75. The molecule has 0 atom stereocenters. The van der Waals surface area contributed by atoms with Crippen LogP contribution in [0.2, 0.25) is 0 Å². The summed E-state index contributed by atoms with van der Waals surface area (Å²) in [5.74, 6) is -1.38. The molecule has 1 amide bonds. The minimum atomic E-state index is -0.594. The Morgan fingerprint density at radius 3 is 2.59 bits per heavy atom. The standard InChI is InChI=1S/C16H12F2N2OSe/c1-19-16(21)12-3-2-4-13-15(12)14(8-20-13)22-11-6-9(17)5-10(18)7-11/h2-8,20H,1H3,(H,19,21). The fraction of sp³-hybridized carbons (Fsp3) is 0.0625. The molecule has 0 fully saturated rings. The molecule has 2 N–H and O–H groups in total. The predicted octanol–water partition coefficient (Wildman–Crippen LogP) is 1.46. The molecule has 0 bridgehead atoms. The van der Waals surface area contributed by atoms with Crippen LogP contribution in [0.3, 0.4) is 0 Å². The Morgan fingerprint density at radius 1 is 1.18 bits per heavy atom. The van der Waals surface area contributed by atoms with Crippen LogP contribution < -0.4 is 14.2 Å². The summed E-state index contributed by atoms with van der Waals surface area (Å²) in [4.78, 5) is 15.1. The second kappa shape index (κ2) is 5.91. The average Bonchev–Trinajstić information content (AvgIpc) is 2.88. The van der Waals surface area contributed by atoms with Crippen LogP contribution in [-0.2, 0) is 0 Å². The van der Waals surface area contributed by atoms with E-state index in [4.69, 9.17) is 0 Å². The van der Waals surface area contributed by atoms with Crippen LogP contribution in [-0.4, -0.2) is 32.9 Å². The molecule has 1 heterocycles. The third-order valence-corrected chi connectivity index (χ3v) is 5.33. The van der Waals surface area contributed by atoms with Gasteiger partial charge in [0.15, 0.2) is 0 Å². The number of amides is 1. The summed E-state index contributed by atoms with van der Waals surface area (Å²) in [6.07, 6.45) is 1.79. The SMILES string of the molecule is CNC(=O)c1cccc2[nH]cc([Se]c3cc(F)cc(F)c3)c12. The van der Waals surface area contributed by atoms with Gasteiger partial charge in [0.25, 0.3) is 0 Å². The van der Waals surface area contributed by atoms with Gasteiger partial charge in [-0.25, -0.2) is 0 Å². The number of aromatic amines is 1. The van der Waals surface area contributed by atoms with Crippen LogP contribution in [0.25, 0.3) is 10.9 Å². The summed E-state index contributed by atoms with van der Waals surface area (Å²) in [6, 6.07) is 8.90. The Hall–Kier alpha value is -2.17. The van der Waals surface area contributed by atoms with Gasteiger partial charge in [0.1, 0.15) is 0 Å². The first kappa shape index (κ1) is 14.8. The molecular formula is C16H12F2N2OSe. The number of aromatic nitrogens is 1. The van der Waals surface area contributed by atoms with E-state index in [9.17, 15) is 13.6 Å². The normalized spacial score (nSPS) is 10.9. The maximum absolute atomic E-state index is 13.3. The number of carbonyl (C=O) groups is 1. The van der Waals surface area contributed by atoms with Crippen molar-refractivity contribution in [3.63, 3.8) is 0 Å². The van der Waals surface area contributed by atoms with Crippen molar-refractivity contribution in [2.24, 2.45) is 0 Å². The number of hydrogen-bond acceptors (Lipinski definition) is 1. The van der Waals surface area contributed by atoms with E-state index < -0.39 is 11.6 Å². The average molecular weight is 365 g/mol. The Labute approximate surface area is 131 Å². The molecule has 0 radical (unpaired) electrons. The van der Waals surface area contributed by atoms with Gasteiger partial charge in [-0.3, -0.25) is 0 Å². The van der Waals surface area contributed by atoms with Gasteiger partial charge >= 0.3 is 131 Å². The van der Waals surface area contributed by atoms with E-state index in [0.717, 1.165) is 21.4 Å². The quantitative estimate of drug-likeness (QED) is 0.679. The Bertz CT molecular complexity index is 840. The zero-order valence-electron chi connectivity index (χ0n) is 11.6. The van der Waals surface area contributed by atoms with Crippen molar-refractivity contribution < 1.29 is 13.6 Å². The maximum atomic E-state index is 13.3. The molecule has 0 unspecified atom stereocenters. The van der Waals surface area contributed by atoms with Gasteiger partial charge in [0.05, 0.1) is 0 Å². The van der Waals surface area contributed by atoms with Crippen molar-refractivity contribution in [3.8, 4) is 0 Å². The van der Waals surface area contributed by atoms with Gasteiger partial charge < -0.3 is 0 Å². The van der Waals surface area contributed by atoms with Crippen molar-refractivity contribution in [1.29, 1.82) is 0 Å². The zero-order valence-corrected chi connectivity index (χ0v) is 13.3. The van der Waals surface area contributed by atoms with Crippen LogP contribution in [0.15, 0.2) is 42.6 Å². The van der Waals surface area contributed by atoms with E-state index >= 15 is 0 Å². The van der Waals surface area contributed by atoms with Crippen molar-refractivity contribution >= 4 is 40.7 Å². The molecule has 112 valence electrons. The molecule has 3 rings (SSSR count). The van der Waals surface area contributed by atoms with E-state index in [-0.39, 0.29) is 20.9 Å². The number of rotatable bonds is 3. The predicted molar refractivity (Wildman–Crippen MR) is 83.1 cm³/mol. The second-order valence-corrected chi connectivity index (χ2v) is 7.01. The van der Waals surface area contributed by atoms with Crippen molar-refractivity contribution in [2.75, 3.05) is 7.05 Å². The van der Waals surface area contributed by atoms with Gasteiger partial charge in [0, 0.05) is 0 Å². The van der Waals surface area contributed by atoms with Gasteiger partial charge in [-0.1, -0.05) is 0 Å². The fourth-order valence-corrected chi connectivity index (χ4v) is 4.45. The van der Waals surface area contributed by atoms with Crippen LogP contribution in [0.5, 0.6) is 0 Å². The molecule has 0 saturated heterocycles. The monoisotopic (exact) mass is 366 g/mol. The Balaban J connectivity index is 2.09. The van der Waals surface area contributed by atoms with E-state index in [1.807, 2.05) is 6.07 Å². The molecule has 0 spiro atoms. The molecule has 3 nitrogen and oxygen atoms in total. The molecule has 22 heavy (non-hydrogen) atoms. The topological polar surface area (TPSA) is 44.9 Å². The summed E-state index contributed by atoms with van der Waals surface area (Å²) in [5, 5.41) is 3.40. The van der Waals surface area contributed by atoms with Crippen molar-refractivity contribution in [3.05, 3.63) is 59.8 Å². The summed E-state index contributed by atoms with van der Waals surface area (Å²) in [5.41, 5.74) is 1.38. The van der Waals surface area contributed by atoms with E-state index in [2.05, 4.69) is 10.3 Å². The van der Waals surface area contributed by atoms with Gasteiger partial charge in [-0.05, 0) is 0 Å². The molecular weight excluding hydrogens is 353 g/mol. The fourth-order valence-electron chi connectivity index (χ4n) is 2.27. The van der Waals surface area contributed by atoms with E-state index in [1.54, 1.807) is 25.4 Å². The molecule has 0 aliphatic heterocycles. The first-order valence-corrected chi connectivity index (χ1v) is 8.26. The summed E-state index contributed by atoms with van der Waals surface area (Å²) in [6.45, 7) is 0. The first-order chi connectivity index (χ1) is 10.6. The number of fused-ring (bicyclic) bond motifs is 1.